The van der Waals surface area contributed by atoms with Crippen LogP contribution in [0.15, 0.2) is 127 Å². The number of carbonyl (C=O) groups excluding carboxylic acids is 3. The number of carbonyl (C=O) groups is 3. The molecule has 8 bridgehead atoms. The van der Waals surface area contributed by atoms with Gasteiger partial charge in [0.25, 0.3) is 0 Å². The van der Waals surface area contributed by atoms with E-state index in [0.717, 1.165) is 43.8 Å². The topological polar surface area (TPSA) is 184 Å². The number of imide groups is 2. The lowest BCUT2D eigenvalue weighted by atomic mass is 9.75. The monoisotopic (exact) mass is 778 g/mol. The molecule has 6 heterocycles. The number of aromatic nitrogens is 8. The molecule has 282 valence electrons. The van der Waals surface area contributed by atoms with Crippen molar-refractivity contribution in [3.63, 3.8) is 0 Å². The predicted molar refractivity (Wildman–Crippen MR) is 227 cm³/mol. The fraction of sp³-hybridized carbons (Fsp3) is 0.0682. The minimum atomic E-state index is -1.31. The van der Waals surface area contributed by atoms with Gasteiger partial charge in [0.15, 0.2) is 28.7 Å². The molecule has 0 atom stereocenters. The van der Waals surface area contributed by atoms with Crippen molar-refractivity contribution >= 4 is 72.9 Å². The van der Waals surface area contributed by atoms with Crippen LogP contribution in [-0.4, -0.2) is 68.7 Å². The second kappa shape index (κ2) is 14.1. The molecule has 11 rings (SSSR count). The third-order valence-corrected chi connectivity index (χ3v) is 10.5. The fourth-order valence-electron chi connectivity index (χ4n) is 7.65. The van der Waals surface area contributed by atoms with Crippen LogP contribution in [0, 0.1) is 0 Å². The van der Waals surface area contributed by atoms with Gasteiger partial charge in [-0.1, -0.05) is 134 Å². The largest absolute Gasteiger partial charge is 0.328 e. The number of barbiturate groups is 1. The summed E-state index contributed by atoms with van der Waals surface area (Å²) in [6, 6.07) is 40.2. The van der Waals surface area contributed by atoms with Crippen molar-refractivity contribution in [2.75, 3.05) is 0 Å². The van der Waals surface area contributed by atoms with Crippen molar-refractivity contribution in [3.8, 4) is 45.6 Å². The molecular formula is C44H34N10O3Si. The Bertz CT molecular complexity index is 2820. The maximum absolute atomic E-state index is 12.0. The predicted octanol–water partition coefficient (Wildman–Crippen LogP) is 6.12. The number of urea groups is 1. The lowest BCUT2D eigenvalue weighted by Gasteiger charge is -2.33. The van der Waals surface area contributed by atoms with Gasteiger partial charge < -0.3 is 9.97 Å². The van der Waals surface area contributed by atoms with Gasteiger partial charge in [-0.25, -0.2) is 34.7 Å². The standard InChI is InChI=1S/C32H18N8.C12H12N2O3.H4Si/c1-2-10-18-17(9-1)25-33-26(18)38-28-21-13-5-6-14-22(21)30(35-28)40-32-24-16-8-7-15-23(24)31(36-32)39-29-20-12-4-3-11-19(20)27(34-29)37-25;1-2-12(8-6-4-3-5-7-8)9(15)13-11(17)14-10(12)16;/h1-16H,(H2,33,34,35,36,37,38,39,40);3-7H,2H2,1H3,(H2,13,14,15,16,17);1H4. The van der Waals surface area contributed by atoms with Crippen molar-refractivity contribution in [2.24, 2.45) is 0 Å². The third-order valence-electron chi connectivity index (χ3n) is 10.5. The van der Waals surface area contributed by atoms with Crippen LogP contribution in [0.5, 0.6) is 0 Å². The van der Waals surface area contributed by atoms with Crippen LogP contribution < -0.4 is 10.6 Å². The van der Waals surface area contributed by atoms with E-state index in [0.29, 0.717) is 57.9 Å². The van der Waals surface area contributed by atoms with Crippen LogP contribution in [0.1, 0.15) is 18.9 Å². The first-order chi connectivity index (χ1) is 27.9. The molecule has 4 amide bonds. The van der Waals surface area contributed by atoms with Gasteiger partial charge in [0.05, 0.1) is 0 Å². The highest BCUT2D eigenvalue weighted by Crippen LogP contribution is 2.37. The summed E-state index contributed by atoms with van der Waals surface area (Å²) in [6.45, 7) is 1.74. The van der Waals surface area contributed by atoms with E-state index < -0.39 is 23.3 Å². The molecule has 0 aliphatic carbocycles. The molecule has 0 radical (unpaired) electrons. The van der Waals surface area contributed by atoms with Crippen LogP contribution in [0.3, 0.4) is 0 Å². The number of fused-ring (bicyclic) bond motifs is 20. The van der Waals surface area contributed by atoms with E-state index in [1.54, 1.807) is 37.3 Å². The molecule has 0 spiro atoms. The molecule has 1 saturated heterocycles. The maximum atomic E-state index is 12.0. The minimum Gasteiger partial charge on any atom is -0.324 e. The lowest BCUT2D eigenvalue weighted by Crippen LogP contribution is -2.64. The van der Waals surface area contributed by atoms with Crippen molar-refractivity contribution in [1.29, 1.82) is 0 Å². The average Bonchev–Trinajstić information content (AvgIpc) is 3.97. The average molecular weight is 779 g/mol. The molecule has 14 heteroatoms. The summed E-state index contributed by atoms with van der Waals surface area (Å²) in [6.07, 6.45) is 0.294. The smallest absolute Gasteiger partial charge is 0.324 e. The minimum absolute atomic E-state index is 0. The molecule has 3 aromatic heterocycles. The van der Waals surface area contributed by atoms with Crippen molar-refractivity contribution in [2.45, 2.75) is 18.8 Å². The normalized spacial score (nSPS) is 13.7. The number of benzene rings is 5. The summed E-state index contributed by atoms with van der Waals surface area (Å²) >= 11 is 0. The van der Waals surface area contributed by atoms with E-state index in [-0.39, 0.29) is 11.0 Å². The quantitative estimate of drug-likeness (QED) is 0.119. The molecule has 1 fully saturated rings. The Balaban J connectivity index is 0.000000205. The van der Waals surface area contributed by atoms with Gasteiger partial charge in [-0.3, -0.25) is 20.2 Å². The van der Waals surface area contributed by atoms with Gasteiger partial charge in [-0.05, 0) is 22.9 Å². The zero-order valence-corrected chi connectivity index (χ0v) is 30.2. The Labute approximate surface area is 334 Å². The van der Waals surface area contributed by atoms with Crippen molar-refractivity contribution in [3.05, 3.63) is 133 Å². The molecular weight excluding hydrogens is 745 g/mol. The molecule has 4 N–H and O–H groups in total. The van der Waals surface area contributed by atoms with Crippen LogP contribution in [-0.2, 0) is 15.0 Å². The summed E-state index contributed by atoms with van der Waals surface area (Å²) in [4.78, 5) is 71.8. The summed E-state index contributed by atoms with van der Waals surface area (Å²) in [5, 5.41) is 8.10. The zero-order chi connectivity index (χ0) is 38.7. The number of nitrogens with one attached hydrogen (secondary N) is 4. The van der Waals surface area contributed by atoms with Crippen molar-refractivity contribution < 1.29 is 14.4 Å². The highest BCUT2D eigenvalue weighted by molar-refractivity contribution is 6.23. The third kappa shape index (κ3) is 5.73. The Morgan fingerprint density at radius 3 is 1.07 bits per heavy atom. The van der Waals surface area contributed by atoms with Crippen molar-refractivity contribution in [1.82, 2.24) is 50.5 Å². The number of hydrogen-bond acceptors (Lipinski definition) is 9. The molecule has 0 saturated carbocycles. The molecule has 8 aromatic rings. The molecule has 13 nitrogen and oxygen atoms in total. The Kier molecular flexibility index (Phi) is 8.74. The van der Waals surface area contributed by atoms with E-state index >= 15 is 0 Å². The highest BCUT2D eigenvalue weighted by atomic mass is 28.1. The van der Waals surface area contributed by atoms with E-state index in [1.807, 2.05) is 97.1 Å². The number of nitrogens with zero attached hydrogens (tertiary/aromatic N) is 6. The number of amides is 4. The van der Waals surface area contributed by atoms with E-state index in [2.05, 4.69) is 20.6 Å². The van der Waals surface area contributed by atoms with E-state index in [9.17, 15) is 14.4 Å². The first kappa shape index (κ1) is 36.0. The van der Waals surface area contributed by atoms with Gasteiger partial charge in [0, 0.05) is 43.8 Å². The second-order valence-corrected chi connectivity index (χ2v) is 13.7. The second-order valence-electron chi connectivity index (χ2n) is 13.7. The van der Waals surface area contributed by atoms with Crippen LogP contribution >= 0.6 is 0 Å². The van der Waals surface area contributed by atoms with Gasteiger partial charge >= 0.3 is 6.03 Å². The fourth-order valence-corrected chi connectivity index (χ4v) is 7.65. The summed E-state index contributed by atoms with van der Waals surface area (Å²) in [5.74, 6) is 1.25. The zero-order valence-electron chi connectivity index (χ0n) is 30.2. The van der Waals surface area contributed by atoms with E-state index in [4.69, 9.17) is 29.9 Å². The molecule has 58 heavy (non-hydrogen) atoms. The summed E-state index contributed by atoms with van der Waals surface area (Å²) in [7, 11) is 0. The van der Waals surface area contributed by atoms with Gasteiger partial charge in [0.2, 0.25) is 11.8 Å². The Morgan fingerprint density at radius 2 is 0.741 bits per heavy atom. The summed E-state index contributed by atoms with van der Waals surface area (Å²) < 4.78 is 0. The molecule has 3 aliphatic rings. The highest BCUT2D eigenvalue weighted by Gasteiger charge is 2.50. The van der Waals surface area contributed by atoms with Crippen LogP contribution in [0.25, 0.3) is 89.7 Å². The molecule has 5 aromatic carbocycles. The van der Waals surface area contributed by atoms with Gasteiger partial charge in [-0.15, -0.1) is 0 Å². The lowest BCUT2D eigenvalue weighted by molar-refractivity contribution is -0.138. The van der Waals surface area contributed by atoms with Gasteiger partial charge in [-0.2, -0.15) is 0 Å². The number of aromatic amines is 2. The Morgan fingerprint density at radius 1 is 0.431 bits per heavy atom. The first-order valence-electron chi connectivity index (χ1n) is 18.3. The SMILES string of the molecule is CCC1(c2ccccc2)C(=O)NC(=O)NC1=O.[SiH4].c1ccc2c(c1)-c1nc-2nc2[nH]c(nc3nc(nc4[nH]c(n1)c1ccccc41)-c1ccccc1-3)c1ccccc21. The summed E-state index contributed by atoms with van der Waals surface area (Å²) in [5.41, 5.74) is 5.73. The van der Waals surface area contributed by atoms with Crippen LogP contribution in [0.4, 0.5) is 4.79 Å². The van der Waals surface area contributed by atoms with E-state index in [1.165, 1.54) is 0 Å². The number of rotatable bonds is 2. The number of hydrogen-bond donors (Lipinski definition) is 4. The number of H-pyrrole nitrogens is 2. The Hall–Kier alpha value is -7.71. The van der Waals surface area contributed by atoms with Crippen LogP contribution in [0.2, 0.25) is 0 Å². The van der Waals surface area contributed by atoms with Gasteiger partial charge in [0.1, 0.15) is 22.6 Å². The maximum Gasteiger partial charge on any atom is 0.328 e. The first-order valence-corrected chi connectivity index (χ1v) is 18.3. The molecule has 0 unspecified atom stereocenters. The molecule has 3 aliphatic heterocycles.